The van der Waals surface area contributed by atoms with Gasteiger partial charge in [0, 0.05) is 13.0 Å². The van der Waals surface area contributed by atoms with Crippen LogP contribution in [0.5, 0.6) is 0 Å². The maximum Gasteiger partial charge on any atom is 0.120 e. The summed E-state index contributed by atoms with van der Waals surface area (Å²) >= 11 is 0. The van der Waals surface area contributed by atoms with Crippen LogP contribution >= 0.6 is 0 Å². The van der Waals surface area contributed by atoms with Gasteiger partial charge in [0.15, 0.2) is 0 Å². The number of hydrogen-bond donors (Lipinski definition) is 1. The van der Waals surface area contributed by atoms with Crippen molar-refractivity contribution in [2.45, 2.75) is 39.7 Å². The molecule has 0 aliphatic rings. The van der Waals surface area contributed by atoms with Gasteiger partial charge in [-0.2, -0.15) is 0 Å². The minimum Gasteiger partial charge on any atom is -0.396 e. The van der Waals surface area contributed by atoms with E-state index < -0.39 is 0 Å². The van der Waals surface area contributed by atoms with E-state index in [0.29, 0.717) is 13.0 Å². The number of aliphatic hydroxyl groups is 1. The van der Waals surface area contributed by atoms with Crippen LogP contribution in [0.2, 0.25) is 0 Å². The largest absolute Gasteiger partial charge is 0.396 e. The van der Waals surface area contributed by atoms with E-state index in [1.807, 2.05) is 30.3 Å². The van der Waals surface area contributed by atoms with Crippen molar-refractivity contribution in [3.05, 3.63) is 35.9 Å². The van der Waals surface area contributed by atoms with Crippen molar-refractivity contribution >= 4 is 0 Å². The fraction of sp³-hybridized carbons (Fsp3) is 0.600. The molecule has 0 fully saturated rings. The SMILES string of the molecule is CCC(C)(C)COOC(CCO)c1ccccc1. The van der Waals surface area contributed by atoms with Crippen LogP contribution in [-0.4, -0.2) is 18.3 Å². The lowest BCUT2D eigenvalue weighted by atomic mass is 9.92. The minimum absolute atomic E-state index is 0.0834. The summed E-state index contributed by atoms with van der Waals surface area (Å²) in [5, 5.41) is 9.07. The Morgan fingerprint density at radius 2 is 1.89 bits per heavy atom. The second kappa shape index (κ2) is 7.52. The Bertz CT molecular complexity index is 322. The highest BCUT2D eigenvalue weighted by Gasteiger charge is 2.18. The summed E-state index contributed by atoms with van der Waals surface area (Å²) in [4.78, 5) is 10.8. The van der Waals surface area contributed by atoms with Gasteiger partial charge in [0.25, 0.3) is 0 Å². The maximum absolute atomic E-state index is 9.07. The standard InChI is InChI=1S/C15H24O3/c1-4-15(2,3)12-17-18-14(10-11-16)13-8-6-5-7-9-13/h5-9,14,16H,4,10-12H2,1-3H3. The van der Waals surface area contributed by atoms with E-state index in [9.17, 15) is 0 Å². The molecule has 0 radical (unpaired) electrons. The van der Waals surface area contributed by atoms with E-state index in [2.05, 4.69) is 20.8 Å². The fourth-order valence-corrected chi connectivity index (χ4v) is 1.43. The maximum atomic E-state index is 9.07. The molecule has 1 atom stereocenters. The van der Waals surface area contributed by atoms with E-state index >= 15 is 0 Å². The van der Waals surface area contributed by atoms with Crippen molar-refractivity contribution in [3.63, 3.8) is 0 Å². The molecule has 1 aromatic rings. The summed E-state index contributed by atoms with van der Waals surface area (Å²) in [7, 11) is 0. The van der Waals surface area contributed by atoms with Crippen LogP contribution in [0.4, 0.5) is 0 Å². The Labute approximate surface area is 110 Å². The zero-order valence-electron chi connectivity index (χ0n) is 11.6. The number of rotatable bonds is 8. The molecule has 0 spiro atoms. The first-order chi connectivity index (χ1) is 8.59. The first-order valence-electron chi connectivity index (χ1n) is 6.53. The normalized spacial score (nSPS) is 13.6. The van der Waals surface area contributed by atoms with Gasteiger partial charge in [-0.25, -0.2) is 9.78 Å². The van der Waals surface area contributed by atoms with Gasteiger partial charge in [0.2, 0.25) is 0 Å². The third kappa shape index (κ3) is 5.17. The monoisotopic (exact) mass is 252 g/mol. The van der Waals surface area contributed by atoms with Gasteiger partial charge in [0.1, 0.15) is 6.10 Å². The average molecular weight is 252 g/mol. The summed E-state index contributed by atoms with van der Waals surface area (Å²) in [6.07, 6.45) is 1.37. The molecule has 3 nitrogen and oxygen atoms in total. The van der Waals surface area contributed by atoms with Crippen LogP contribution in [0, 0.1) is 5.41 Å². The predicted octanol–water partition coefficient (Wildman–Crippen LogP) is 3.49. The summed E-state index contributed by atoms with van der Waals surface area (Å²) in [6.45, 7) is 7.05. The van der Waals surface area contributed by atoms with E-state index in [-0.39, 0.29) is 18.1 Å². The Morgan fingerprint density at radius 1 is 1.22 bits per heavy atom. The predicted molar refractivity (Wildman–Crippen MR) is 72.0 cm³/mol. The Kier molecular flexibility index (Phi) is 6.33. The average Bonchev–Trinajstić information content (AvgIpc) is 2.39. The van der Waals surface area contributed by atoms with E-state index in [1.54, 1.807) is 0 Å². The molecular formula is C15H24O3. The summed E-state index contributed by atoms with van der Waals surface area (Å²) < 4.78 is 0. The molecule has 0 bridgehead atoms. The molecule has 102 valence electrons. The lowest BCUT2D eigenvalue weighted by molar-refractivity contribution is -0.340. The molecule has 0 saturated heterocycles. The van der Waals surface area contributed by atoms with Crippen LogP contribution in [0.15, 0.2) is 30.3 Å². The van der Waals surface area contributed by atoms with Gasteiger partial charge in [0.05, 0.1) is 6.61 Å². The van der Waals surface area contributed by atoms with Gasteiger partial charge in [-0.1, -0.05) is 51.1 Å². The molecule has 0 amide bonds. The van der Waals surface area contributed by atoms with Crippen LogP contribution < -0.4 is 0 Å². The first-order valence-corrected chi connectivity index (χ1v) is 6.53. The molecule has 0 heterocycles. The van der Waals surface area contributed by atoms with Crippen molar-refractivity contribution in [1.82, 2.24) is 0 Å². The minimum atomic E-state index is -0.205. The molecule has 1 N–H and O–H groups in total. The van der Waals surface area contributed by atoms with Crippen LogP contribution in [-0.2, 0) is 9.78 Å². The lowest BCUT2D eigenvalue weighted by Gasteiger charge is -2.23. The molecule has 1 aromatic carbocycles. The zero-order chi connectivity index (χ0) is 13.4. The van der Waals surface area contributed by atoms with Crippen molar-refractivity contribution in [1.29, 1.82) is 0 Å². The highest BCUT2D eigenvalue weighted by Crippen LogP contribution is 2.24. The highest BCUT2D eigenvalue weighted by molar-refractivity contribution is 5.17. The number of aliphatic hydroxyl groups excluding tert-OH is 1. The fourth-order valence-electron chi connectivity index (χ4n) is 1.43. The Balaban J connectivity index is 2.49. The molecule has 1 rings (SSSR count). The molecule has 0 aliphatic heterocycles. The van der Waals surface area contributed by atoms with Crippen LogP contribution in [0.3, 0.4) is 0 Å². The third-order valence-corrected chi connectivity index (χ3v) is 3.15. The van der Waals surface area contributed by atoms with Crippen molar-refractivity contribution in [2.75, 3.05) is 13.2 Å². The van der Waals surface area contributed by atoms with Crippen molar-refractivity contribution in [2.24, 2.45) is 5.41 Å². The molecule has 0 saturated carbocycles. The van der Waals surface area contributed by atoms with Gasteiger partial charge < -0.3 is 5.11 Å². The van der Waals surface area contributed by atoms with E-state index in [1.165, 1.54) is 0 Å². The van der Waals surface area contributed by atoms with Gasteiger partial charge in [-0.3, -0.25) is 0 Å². The van der Waals surface area contributed by atoms with E-state index in [0.717, 1.165) is 12.0 Å². The summed E-state index contributed by atoms with van der Waals surface area (Å²) in [6, 6.07) is 9.84. The van der Waals surface area contributed by atoms with Gasteiger partial charge >= 0.3 is 0 Å². The quantitative estimate of drug-likeness (QED) is 0.568. The van der Waals surface area contributed by atoms with Crippen molar-refractivity contribution < 1.29 is 14.9 Å². The Hall–Kier alpha value is -0.900. The van der Waals surface area contributed by atoms with Crippen molar-refractivity contribution in [3.8, 4) is 0 Å². The molecule has 0 aromatic heterocycles. The second-order valence-corrected chi connectivity index (χ2v) is 5.29. The third-order valence-electron chi connectivity index (χ3n) is 3.15. The summed E-state index contributed by atoms with van der Waals surface area (Å²) in [5.41, 5.74) is 1.14. The Morgan fingerprint density at radius 3 is 2.44 bits per heavy atom. The topological polar surface area (TPSA) is 38.7 Å². The molecule has 18 heavy (non-hydrogen) atoms. The van der Waals surface area contributed by atoms with Crippen LogP contribution in [0.1, 0.15) is 45.3 Å². The molecule has 0 aliphatic carbocycles. The first kappa shape index (κ1) is 15.2. The molecule has 3 heteroatoms. The van der Waals surface area contributed by atoms with Gasteiger partial charge in [-0.15, -0.1) is 0 Å². The summed E-state index contributed by atoms with van der Waals surface area (Å²) in [5.74, 6) is 0. The second-order valence-electron chi connectivity index (χ2n) is 5.29. The molecular weight excluding hydrogens is 228 g/mol. The van der Waals surface area contributed by atoms with Gasteiger partial charge in [-0.05, 0) is 17.4 Å². The zero-order valence-corrected chi connectivity index (χ0v) is 11.6. The highest BCUT2D eigenvalue weighted by atomic mass is 17.2. The number of benzene rings is 1. The number of hydrogen-bond acceptors (Lipinski definition) is 3. The lowest BCUT2D eigenvalue weighted by Crippen LogP contribution is -2.19. The van der Waals surface area contributed by atoms with E-state index in [4.69, 9.17) is 14.9 Å². The molecule has 1 unspecified atom stereocenters. The van der Waals surface area contributed by atoms with Crippen LogP contribution in [0.25, 0.3) is 0 Å². The smallest absolute Gasteiger partial charge is 0.120 e.